The first kappa shape index (κ1) is 27.5. The highest BCUT2D eigenvalue weighted by Gasteiger charge is 2.52. The van der Waals surface area contributed by atoms with Crippen LogP contribution in [0.1, 0.15) is 72.8 Å². The van der Waals surface area contributed by atoms with Gasteiger partial charge in [-0.2, -0.15) is 0 Å². The van der Waals surface area contributed by atoms with Gasteiger partial charge in [0, 0.05) is 6.04 Å². The molecule has 2 aliphatic heterocycles. The van der Waals surface area contributed by atoms with Crippen molar-refractivity contribution in [3.8, 4) is 0 Å². The van der Waals surface area contributed by atoms with E-state index >= 15 is 0 Å². The van der Waals surface area contributed by atoms with Gasteiger partial charge in [0.15, 0.2) is 0 Å². The first-order valence-electron chi connectivity index (χ1n) is 12.5. The van der Waals surface area contributed by atoms with Crippen molar-refractivity contribution >= 4 is 23.9 Å². The van der Waals surface area contributed by atoms with E-state index in [1.54, 1.807) is 41.5 Å². The molecule has 2 saturated heterocycles. The Labute approximate surface area is 212 Å². The molecule has 2 heterocycles. The van der Waals surface area contributed by atoms with Crippen LogP contribution in [0.2, 0.25) is 0 Å². The molecule has 0 bridgehead atoms. The molecule has 0 radical (unpaired) electrons. The molecule has 3 rings (SSSR count). The number of piperidine rings is 1. The van der Waals surface area contributed by atoms with Crippen LogP contribution in [0.15, 0.2) is 30.3 Å². The summed E-state index contributed by atoms with van der Waals surface area (Å²) in [6.45, 7) is 10.7. The molecule has 0 unspecified atom stereocenters. The Hall–Kier alpha value is -3.10. The molecular weight excluding hydrogens is 464 g/mol. The fourth-order valence-corrected chi connectivity index (χ4v) is 4.74. The number of carbonyl (C=O) groups is 4. The van der Waals surface area contributed by atoms with Gasteiger partial charge in [-0.25, -0.2) is 9.59 Å². The van der Waals surface area contributed by atoms with Gasteiger partial charge in [-0.1, -0.05) is 30.3 Å². The highest BCUT2D eigenvalue weighted by atomic mass is 16.6. The van der Waals surface area contributed by atoms with Gasteiger partial charge < -0.3 is 24.4 Å². The first-order chi connectivity index (χ1) is 16.7. The largest absolute Gasteiger partial charge is 0.461 e. The third-order valence-electron chi connectivity index (χ3n) is 6.11. The van der Waals surface area contributed by atoms with Crippen LogP contribution in [0.4, 0.5) is 4.79 Å². The molecule has 4 atom stereocenters. The van der Waals surface area contributed by atoms with E-state index < -0.39 is 35.3 Å². The molecule has 2 amide bonds. The smallest absolute Gasteiger partial charge is 0.408 e. The number of nitrogens with zero attached hydrogens (tertiary/aromatic N) is 1. The fourth-order valence-electron chi connectivity index (χ4n) is 4.74. The van der Waals surface area contributed by atoms with Crippen molar-refractivity contribution in [2.45, 2.75) is 103 Å². The van der Waals surface area contributed by atoms with E-state index in [9.17, 15) is 19.2 Å². The summed E-state index contributed by atoms with van der Waals surface area (Å²) in [5.74, 6) is -1.51. The number of hydrogen-bond acceptors (Lipinski definition) is 7. The summed E-state index contributed by atoms with van der Waals surface area (Å²) in [4.78, 5) is 53.0. The van der Waals surface area contributed by atoms with Gasteiger partial charge in [0.2, 0.25) is 5.91 Å². The van der Waals surface area contributed by atoms with Crippen LogP contribution in [0.3, 0.4) is 0 Å². The summed E-state index contributed by atoms with van der Waals surface area (Å²) < 4.78 is 16.4. The summed E-state index contributed by atoms with van der Waals surface area (Å²) in [5, 5.41) is 2.64. The van der Waals surface area contributed by atoms with Gasteiger partial charge in [0.05, 0.1) is 6.42 Å². The predicted molar refractivity (Wildman–Crippen MR) is 132 cm³/mol. The highest BCUT2D eigenvalue weighted by molar-refractivity contribution is 5.91. The summed E-state index contributed by atoms with van der Waals surface area (Å²) in [6.07, 6.45) is 0.613. The van der Waals surface area contributed by atoms with Gasteiger partial charge in [-0.3, -0.25) is 9.59 Å². The average Bonchev–Trinajstić information content (AvgIpc) is 3.12. The molecule has 198 valence electrons. The quantitative estimate of drug-likeness (QED) is 0.466. The second-order valence-electron chi connectivity index (χ2n) is 11.5. The maximum absolute atomic E-state index is 13.5. The number of ether oxygens (including phenoxy) is 3. The monoisotopic (exact) mass is 502 g/mol. The lowest BCUT2D eigenvalue weighted by atomic mass is 9.89. The molecule has 0 aliphatic carbocycles. The lowest BCUT2D eigenvalue weighted by Gasteiger charge is -2.39. The number of esters is 2. The molecule has 9 heteroatoms. The maximum atomic E-state index is 13.5. The van der Waals surface area contributed by atoms with Crippen LogP contribution in [-0.2, 0) is 35.2 Å². The molecule has 2 aliphatic rings. The molecule has 36 heavy (non-hydrogen) atoms. The number of carbonyl (C=O) groups excluding carboxylic acids is 4. The van der Waals surface area contributed by atoms with Crippen molar-refractivity contribution in [1.82, 2.24) is 10.2 Å². The lowest BCUT2D eigenvalue weighted by molar-refractivity contribution is -0.165. The average molecular weight is 503 g/mol. The van der Waals surface area contributed by atoms with E-state index in [2.05, 4.69) is 5.32 Å². The number of benzene rings is 1. The lowest BCUT2D eigenvalue weighted by Crippen LogP contribution is -2.59. The van der Waals surface area contributed by atoms with Crippen LogP contribution in [-0.4, -0.2) is 58.2 Å². The number of alkyl carbamates (subject to hydrolysis) is 1. The number of amides is 2. The number of rotatable bonds is 6. The molecule has 0 saturated carbocycles. The van der Waals surface area contributed by atoms with Crippen molar-refractivity contribution in [3.63, 3.8) is 0 Å². The van der Waals surface area contributed by atoms with E-state index in [-0.39, 0.29) is 36.9 Å². The minimum atomic E-state index is -0.836. The van der Waals surface area contributed by atoms with E-state index in [1.807, 2.05) is 30.3 Å². The van der Waals surface area contributed by atoms with Crippen molar-refractivity contribution in [2.24, 2.45) is 5.92 Å². The number of hydrogen-bond donors (Lipinski definition) is 1. The summed E-state index contributed by atoms with van der Waals surface area (Å²) in [7, 11) is 0. The topological polar surface area (TPSA) is 111 Å². The van der Waals surface area contributed by atoms with Gasteiger partial charge in [0.25, 0.3) is 0 Å². The first-order valence-corrected chi connectivity index (χ1v) is 12.5. The second-order valence-corrected chi connectivity index (χ2v) is 11.5. The minimum Gasteiger partial charge on any atom is -0.461 e. The second kappa shape index (κ2) is 10.9. The van der Waals surface area contributed by atoms with Gasteiger partial charge in [-0.05, 0) is 72.3 Å². The minimum absolute atomic E-state index is 0.0880. The summed E-state index contributed by atoms with van der Waals surface area (Å²) in [5.41, 5.74) is -0.552. The van der Waals surface area contributed by atoms with E-state index in [4.69, 9.17) is 14.2 Å². The highest BCUT2D eigenvalue weighted by Crippen LogP contribution is 2.40. The molecular formula is C27H38N2O7. The van der Waals surface area contributed by atoms with Crippen LogP contribution >= 0.6 is 0 Å². The Bertz CT molecular complexity index is 965. The van der Waals surface area contributed by atoms with Crippen molar-refractivity contribution in [2.75, 3.05) is 0 Å². The van der Waals surface area contributed by atoms with Crippen LogP contribution in [0, 0.1) is 5.92 Å². The molecule has 1 aromatic carbocycles. The van der Waals surface area contributed by atoms with Crippen LogP contribution < -0.4 is 5.32 Å². The van der Waals surface area contributed by atoms with Crippen LogP contribution in [0.25, 0.3) is 0 Å². The molecule has 1 aromatic rings. The molecule has 0 spiro atoms. The van der Waals surface area contributed by atoms with Gasteiger partial charge in [0.1, 0.15) is 29.9 Å². The van der Waals surface area contributed by atoms with Crippen LogP contribution in [0.5, 0.6) is 0 Å². The SMILES string of the molecule is CC(C)(C)OC(=O)N[C@@H]1CC[C@@H]2[C@@H](CC(=O)OCc3ccccc3)C[C@@H](C(=O)OC(C)(C)C)N2C1=O. The zero-order valence-corrected chi connectivity index (χ0v) is 22.0. The molecule has 9 nitrogen and oxygen atoms in total. The zero-order valence-electron chi connectivity index (χ0n) is 22.0. The van der Waals surface area contributed by atoms with Gasteiger partial charge in [-0.15, -0.1) is 0 Å². The van der Waals surface area contributed by atoms with Crippen molar-refractivity contribution < 1.29 is 33.4 Å². The van der Waals surface area contributed by atoms with Gasteiger partial charge >= 0.3 is 18.0 Å². The third kappa shape index (κ3) is 7.45. The maximum Gasteiger partial charge on any atom is 0.408 e. The number of nitrogens with one attached hydrogen (secondary N) is 1. The normalized spacial score (nSPS) is 24.1. The third-order valence-corrected chi connectivity index (χ3v) is 6.11. The summed E-state index contributed by atoms with van der Waals surface area (Å²) >= 11 is 0. The predicted octanol–water partition coefficient (Wildman–Crippen LogP) is 3.73. The Morgan fingerprint density at radius 3 is 2.22 bits per heavy atom. The van der Waals surface area contributed by atoms with Crippen molar-refractivity contribution in [3.05, 3.63) is 35.9 Å². The van der Waals surface area contributed by atoms with E-state index in [0.717, 1.165) is 5.56 Å². The number of fused-ring (bicyclic) bond motifs is 1. The molecule has 2 fully saturated rings. The molecule has 1 N–H and O–H groups in total. The van der Waals surface area contributed by atoms with Crippen molar-refractivity contribution in [1.29, 1.82) is 0 Å². The Morgan fingerprint density at radius 2 is 1.61 bits per heavy atom. The Balaban J connectivity index is 1.72. The summed E-state index contributed by atoms with van der Waals surface area (Å²) in [6, 6.07) is 7.41. The van der Waals surface area contributed by atoms with E-state index in [0.29, 0.717) is 19.3 Å². The van der Waals surface area contributed by atoms with E-state index in [1.165, 1.54) is 4.90 Å². The standard InChI is InChI=1S/C27H38N2O7/c1-26(2,3)35-24(32)21-14-18(15-22(30)34-16-17-10-8-7-9-11-17)20-13-12-19(23(31)29(20)21)28-25(33)36-27(4,5)6/h7-11,18-21H,12-16H2,1-6H3,(H,28,33)/t18-,19-,20-,21+/m1/s1. The molecule has 0 aromatic heterocycles. The fraction of sp³-hybridized carbons (Fsp3) is 0.630. The zero-order chi connectivity index (χ0) is 26.7. The Morgan fingerprint density at radius 1 is 0.972 bits per heavy atom. The Kier molecular flexibility index (Phi) is 8.31.